The van der Waals surface area contributed by atoms with E-state index in [1.807, 2.05) is 18.2 Å². The zero-order valence-electron chi connectivity index (χ0n) is 15.4. The summed E-state index contributed by atoms with van der Waals surface area (Å²) in [7, 11) is 0. The van der Waals surface area contributed by atoms with E-state index in [9.17, 15) is 8.78 Å². The van der Waals surface area contributed by atoms with E-state index >= 15 is 0 Å². The van der Waals surface area contributed by atoms with Crippen molar-refractivity contribution in [3.8, 4) is 11.1 Å². The Hall–Kier alpha value is -2.27. The smallest absolute Gasteiger partial charge is 0.131 e. The highest BCUT2D eigenvalue weighted by molar-refractivity contribution is 5.81. The van der Waals surface area contributed by atoms with E-state index in [0.717, 1.165) is 35.5 Å². The van der Waals surface area contributed by atoms with Crippen LogP contribution in [0.2, 0.25) is 0 Å². The van der Waals surface area contributed by atoms with Gasteiger partial charge in [-0.3, -0.25) is 0 Å². The van der Waals surface area contributed by atoms with Crippen LogP contribution in [0, 0.1) is 17.6 Å². The number of aromatic amines is 1. The first-order valence-electron chi connectivity index (χ1n) is 9.83. The van der Waals surface area contributed by atoms with Crippen LogP contribution in [-0.4, -0.2) is 16.5 Å². The summed E-state index contributed by atoms with van der Waals surface area (Å²) < 4.78 is 29.1. The predicted octanol–water partition coefficient (Wildman–Crippen LogP) is 5.57. The summed E-state index contributed by atoms with van der Waals surface area (Å²) in [6.45, 7) is 1.03. The van der Waals surface area contributed by atoms with Crippen molar-refractivity contribution in [3.05, 3.63) is 53.9 Å². The minimum atomic E-state index is -0.500. The van der Waals surface area contributed by atoms with Crippen molar-refractivity contribution in [2.24, 2.45) is 5.92 Å². The summed E-state index contributed by atoms with van der Waals surface area (Å²) >= 11 is 0. The zero-order chi connectivity index (χ0) is 18.6. The number of aromatic nitrogens is 2. The maximum atomic E-state index is 14.5. The van der Waals surface area contributed by atoms with Crippen LogP contribution < -0.4 is 5.32 Å². The molecule has 0 saturated heterocycles. The van der Waals surface area contributed by atoms with E-state index in [1.165, 1.54) is 44.2 Å². The number of fused-ring (bicyclic) bond motifs is 1. The van der Waals surface area contributed by atoms with Gasteiger partial charge in [0.05, 0.1) is 17.4 Å². The molecule has 0 radical (unpaired) electrons. The molecular formula is C22H25F2N3. The van der Waals surface area contributed by atoms with Crippen LogP contribution in [0.1, 0.15) is 44.1 Å². The fraction of sp³-hybridized carbons (Fsp3) is 0.409. The van der Waals surface area contributed by atoms with Crippen LogP contribution in [0.25, 0.3) is 22.2 Å². The first kappa shape index (κ1) is 18.1. The molecule has 0 spiro atoms. The fourth-order valence-corrected chi connectivity index (χ4v) is 4.05. The summed E-state index contributed by atoms with van der Waals surface area (Å²) in [5.74, 6) is -0.236. The lowest BCUT2D eigenvalue weighted by atomic mass is 9.87. The van der Waals surface area contributed by atoms with Crippen LogP contribution in [0.5, 0.6) is 0 Å². The number of rotatable bonds is 6. The minimum Gasteiger partial charge on any atom is -0.345 e. The van der Waals surface area contributed by atoms with Crippen molar-refractivity contribution in [1.29, 1.82) is 0 Å². The molecule has 27 heavy (non-hydrogen) atoms. The van der Waals surface area contributed by atoms with Crippen molar-refractivity contribution in [3.63, 3.8) is 0 Å². The van der Waals surface area contributed by atoms with Gasteiger partial charge in [0.2, 0.25) is 0 Å². The number of nitrogens with zero attached hydrogens (tertiary/aromatic N) is 1. The third-order valence-corrected chi connectivity index (χ3v) is 5.65. The average Bonchev–Trinajstić information content (AvgIpc) is 3.15. The van der Waals surface area contributed by atoms with Crippen LogP contribution in [0.3, 0.4) is 0 Å². The normalized spacial score (nSPS) is 15.5. The Balaban J connectivity index is 1.42. The first-order chi connectivity index (χ1) is 13.2. The Labute approximate surface area is 158 Å². The lowest BCUT2D eigenvalue weighted by Crippen LogP contribution is -2.20. The van der Waals surface area contributed by atoms with Crippen molar-refractivity contribution in [2.75, 3.05) is 6.54 Å². The molecule has 4 rings (SSSR count). The highest BCUT2D eigenvalue weighted by atomic mass is 19.1. The molecule has 1 heterocycles. The van der Waals surface area contributed by atoms with Crippen LogP contribution in [0.4, 0.5) is 8.78 Å². The zero-order valence-corrected chi connectivity index (χ0v) is 15.4. The first-order valence-corrected chi connectivity index (χ1v) is 9.83. The quantitative estimate of drug-likeness (QED) is 0.558. The molecule has 1 fully saturated rings. The summed E-state index contributed by atoms with van der Waals surface area (Å²) in [4.78, 5) is 7.19. The number of imidazole rings is 1. The second kappa shape index (κ2) is 8.17. The van der Waals surface area contributed by atoms with Crippen molar-refractivity contribution >= 4 is 11.0 Å². The lowest BCUT2D eigenvalue weighted by molar-refractivity contribution is 0.333. The second-order valence-electron chi connectivity index (χ2n) is 7.52. The molecule has 0 unspecified atom stereocenters. The summed E-state index contributed by atoms with van der Waals surface area (Å²) in [5, 5.41) is 3.22. The molecule has 1 saturated carbocycles. The summed E-state index contributed by atoms with van der Waals surface area (Å²) in [6, 6.07) is 8.37. The van der Waals surface area contributed by atoms with Gasteiger partial charge >= 0.3 is 0 Å². The molecule has 1 aromatic heterocycles. The Morgan fingerprint density at radius 1 is 1.00 bits per heavy atom. The van der Waals surface area contributed by atoms with Gasteiger partial charge in [0, 0.05) is 12.1 Å². The fourth-order valence-electron chi connectivity index (χ4n) is 4.05. The maximum Gasteiger partial charge on any atom is 0.131 e. The summed E-state index contributed by atoms with van der Waals surface area (Å²) in [5.41, 5.74) is 3.10. The highest BCUT2D eigenvalue weighted by Crippen LogP contribution is 2.27. The molecule has 0 aliphatic heterocycles. The topological polar surface area (TPSA) is 40.7 Å². The Kier molecular flexibility index (Phi) is 5.48. The van der Waals surface area contributed by atoms with E-state index in [-0.39, 0.29) is 12.1 Å². The van der Waals surface area contributed by atoms with Crippen LogP contribution in [-0.2, 0) is 6.54 Å². The monoisotopic (exact) mass is 369 g/mol. The molecule has 0 amide bonds. The number of hydrogen-bond donors (Lipinski definition) is 2. The molecule has 0 atom stereocenters. The lowest BCUT2D eigenvalue weighted by Gasteiger charge is -2.21. The number of halogens is 2. The highest BCUT2D eigenvalue weighted by Gasteiger charge is 2.15. The molecule has 0 bridgehead atoms. The molecule has 3 aromatic rings. The second-order valence-corrected chi connectivity index (χ2v) is 7.52. The van der Waals surface area contributed by atoms with Crippen LogP contribution >= 0.6 is 0 Å². The number of nitrogens with one attached hydrogen (secondary N) is 2. The van der Waals surface area contributed by atoms with Gasteiger partial charge < -0.3 is 10.3 Å². The molecular weight excluding hydrogens is 344 g/mol. The predicted molar refractivity (Wildman–Crippen MR) is 104 cm³/mol. The third-order valence-electron chi connectivity index (χ3n) is 5.65. The largest absolute Gasteiger partial charge is 0.345 e. The summed E-state index contributed by atoms with van der Waals surface area (Å²) in [6.07, 6.45) is 9.27. The van der Waals surface area contributed by atoms with Crippen molar-refractivity contribution in [2.45, 2.75) is 45.1 Å². The van der Waals surface area contributed by atoms with E-state index in [2.05, 4.69) is 15.3 Å². The Morgan fingerprint density at radius 3 is 2.56 bits per heavy atom. The molecule has 3 nitrogen and oxygen atoms in total. The molecule has 1 aliphatic rings. The molecule has 5 heteroatoms. The van der Waals surface area contributed by atoms with Crippen molar-refractivity contribution in [1.82, 2.24) is 15.3 Å². The van der Waals surface area contributed by atoms with Gasteiger partial charge in [-0.1, -0.05) is 38.2 Å². The minimum absolute atomic E-state index is 0.116. The van der Waals surface area contributed by atoms with Gasteiger partial charge in [0.15, 0.2) is 0 Å². The average molecular weight is 369 g/mol. The van der Waals surface area contributed by atoms with Crippen LogP contribution in [0.15, 0.2) is 36.7 Å². The third kappa shape index (κ3) is 4.19. The Bertz CT molecular complexity index is 890. The van der Waals surface area contributed by atoms with Gasteiger partial charge in [-0.05, 0) is 54.3 Å². The van der Waals surface area contributed by atoms with E-state index in [4.69, 9.17) is 0 Å². The number of H-pyrrole nitrogens is 1. The van der Waals surface area contributed by atoms with Gasteiger partial charge in [0.25, 0.3) is 0 Å². The van der Waals surface area contributed by atoms with E-state index in [0.29, 0.717) is 5.56 Å². The van der Waals surface area contributed by atoms with Gasteiger partial charge in [-0.25, -0.2) is 13.8 Å². The van der Waals surface area contributed by atoms with E-state index < -0.39 is 11.6 Å². The molecule has 1 aliphatic carbocycles. The van der Waals surface area contributed by atoms with Gasteiger partial charge in [-0.15, -0.1) is 0 Å². The molecule has 2 aromatic carbocycles. The van der Waals surface area contributed by atoms with Gasteiger partial charge in [0.1, 0.15) is 11.6 Å². The number of benzene rings is 2. The maximum absolute atomic E-state index is 14.5. The van der Waals surface area contributed by atoms with E-state index in [1.54, 1.807) is 6.33 Å². The molecule has 142 valence electrons. The number of hydrogen-bond acceptors (Lipinski definition) is 2. The van der Waals surface area contributed by atoms with Crippen molar-refractivity contribution < 1.29 is 8.78 Å². The van der Waals surface area contributed by atoms with Gasteiger partial charge in [-0.2, -0.15) is 0 Å². The SMILES string of the molecule is Fc1cc(-c2ccc3nc[nH]c3c2)cc(F)c1CNCCC1CCCCC1. The Morgan fingerprint density at radius 2 is 1.78 bits per heavy atom. The molecule has 2 N–H and O–H groups in total. The standard InChI is InChI=1S/C22H25F2N3/c23-19-10-17(16-6-7-21-22(12-16)27-14-26-21)11-20(24)18(19)13-25-9-8-15-4-2-1-3-5-15/h6-7,10-12,14-15,25H,1-5,8-9,13H2,(H,26,27).